The minimum absolute atomic E-state index is 0.0199. The number of fused-ring (bicyclic) bond motifs is 1. The number of rotatable bonds is 15. The average Bonchev–Trinajstić information content (AvgIpc) is 3.23. The summed E-state index contributed by atoms with van der Waals surface area (Å²) >= 11 is 0. The maximum Gasteiger partial charge on any atom is 0.326 e. The Labute approximate surface area is 207 Å². The number of nitrogens with one attached hydrogen (secondary N) is 4. The Kier molecular flexibility index (Phi) is 10.8. The quantitative estimate of drug-likeness (QED) is 0.136. The van der Waals surface area contributed by atoms with Gasteiger partial charge in [-0.1, -0.05) is 18.2 Å². The Morgan fingerprint density at radius 2 is 1.69 bits per heavy atom. The van der Waals surface area contributed by atoms with Crippen LogP contribution in [0.5, 0.6) is 0 Å². The van der Waals surface area contributed by atoms with Gasteiger partial charge in [0.2, 0.25) is 17.7 Å². The molecule has 2 aromatic rings. The number of aromatic nitrogens is 1. The molecule has 3 amide bonds. The van der Waals surface area contributed by atoms with Crippen LogP contribution in [0.1, 0.15) is 31.2 Å². The standard InChI is InChI=1S/C23H32N6O7/c24-8-4-3-7-17(28-19(30)12-27-21(33)15(25)10-20(31)32)22(34)29-18(23(35)36)9-13-11-26-16-6-2-1-5-14(13)16/h1-2,5-6,11,15,17-18,26H,3-4,7-10,12,24-25H2,(H,27,33)(H,28,30)(H,29,34)(H,31,32)(H,35,36). The Bertz CT molecular complexity index is 1090. The summed E-state index contributed by atoms with van der Waals surface area (Å²) in [6, 6.07) is 3.70. The van der Waals surface area contributed by atoms with E-state index in [1.165, 1.54) is 0 Å². The first-order valence-electron chi connectivity index (χ1n) is 11.4. The van der Waals surface area contributed by atoms with E-state index in [1.807, 2.05) is 24.3 Å². The van der Waals surface area contributed by atoms with Gasteiger partial charge < -0.3 is 42.6 Å². The number of amides is 3. The van der Waals surface area contributed by atoms with Gasteiger partial charge in [-0.25, -0.2) is 4.79 Å². The fourth-order valence-electron chi connectivity index (χ4n) is 3.58. The number of carbonyl (C=O) groups excluding carboxylic acids is 3. The largest absolute Gasteiger partial charge is 0.481 e. The van der Waals surface area contributed by atoms with Gasteiger partial charge >= 0.3 is 11.9 Å². The van der Waals surface area contributed by atoms with Crippen LogP contribution in [-0.2, 0) is 30.4 Å². The summed E-state index contributed by atoms with van der Waals surface area (Å²) in [5.41, 5.74) is 12.5. The van der Waals surface area contributed by atoms with Gasteiger partial charge in [-0.2, -0.15) is 0 Å². The molecule has 0 aliphatic rings. The Balaban J connectivity index is 2.03. The number of unbranched alkanes of at least 4 members (excludes halogenated alkanes) is 1. The minimum atomic E-state index is -1.33. The molecule has 3 atom stereocenters. The fourth-order valence-corrected chi connectivity index (χ4v) is 3.58. The number of H-pyrrole nitrogens is 1. The SMILES string of the molecule is NCCCCC(NC(=O)CNC(=O)C(N)CC(=O)O)C(=O)NC(Cc1c[nH]c2ccccc12)C(=O)O. The normalized spacial score (nSPS) is 13.4. The van der Waals surface area contributed by atoms with Crippen molar-refractivity contribution in [2.45, 2.75) is 50.2 Å². The number of carboxylic acids is 2. The highest BCUT2D eigenvalue weighted by Gasteiger charge is 2.27. The minimum Gasteiger partial charge on any atom is -0.481 e. The third-order valence-corrected chi connectivity index (χ3v) is 5.47. The number of nitrogens with two attached hydrogens (primary N) is 2. The van der Waals surface area contributed by atoms with E-state index in [9.17, 15) is 29.1 Å². The van der Waals surface area contributed by atoms with Crippen LogP contribution in [0.3, 0.4) is 0 Å². The van der Waals surface area contributed by atoms with Crippen molar-refractivity contribution in [3.05, 3.63) is 36.0 Å². The van der Waals surface area contributed by atoms with E-state index in [2.05, 4.69) is 20.9 Å². The highest BCUT2D eigenvalue weighted by molar-refractivity contribution is 5.93. The number of aliphatic carboxylic acids is 2. The summed E-state index contributed by atoms with van der Waals surface area (Å²) in [5, 5.41) is 26.4. The maximum atomic E-state index is 12.9. The fraction of sp³-hybridized carbons (Fsp3) is 0.435. The average molecular weight is 505 g/mol. The lowest BCUT2D eigenvalue weighted by Gasteiger charge is -2.22. The van der Waals surface area contributed by atoms with Gasteiger partial charge in [0.15, 0.2) is 0 Å². The van der Waals surface area contributed by atoms with E-state index in [1.54, 1.807) is 6.20 Å². The summed E-state index contributed by atoms with van der Waals surface area (Å²) in [4.78, 5) is 62.8. The third kappa shape index (κ3) is 8.67. The first-order chi connectivity index (χ1) is 17.1. The molecule has 0 saturated heterocycles. The van der Waals surface area contributed by atoms with Gasteiger partial charge in [0.05, 0.1) is 19.0 Å². The van der Waals surface area contributed by atoms with Gasteiger partial charge in [0.1, 0.15) is 12.1 Å². The molecule has 0 radical (unpaired) electrons. The molecule has 1 heterocycles. The zero-order valence-corrected chi connectivity index (χ0v) is 19.7. The molecule has 36 heavy (non-hydrogen) atoms. The molecule has 2 rings (SSSR count). The van der Waals surface area contributed by atoms with Crippen molar-refractivity contribution in [1.29, 1.82) is 0 Å². The Hall–Kier alpha value is -3.97. The number of para-hydroxylation sites is 1. The molecule has 196 valence electrons. The number of aromatic amines is 1. The topological polar surface area (TPSA) is 230 Å². The van der Waals surface area contributed by atoms with Crippen LogP contribution in [0.4, 0.5) is 0 Å². The third-order valence-electron chi connectivity index (χ3n) is 5.47. The van der Waals surface area contributed by atoms with Gasteiger partial charge in [-0.3, -0.25) is 19.2 Å². The van der Waals surface area contributed by atoms with Gasteiger partial charge in [-0.05, 0) is 37.4 Å². The second-order valence-corrected chi connectivity index (χ2v) is 8.29. The first kappa shape index (κ1) is 28.3. The Morgan fingerprint density at radius 3 is 2.36 bits per heavy atom. The van der Waals surface area contributed by atoms with Crippen LogP contribution >= 0.6 is 0 Å². The Morgan fingerprint density at radius 1 is 0.972 bits per heavy atom. The number of carboxylic acid groups (broad SMARTS) is 2. The lowest BCUT2D eigenvalue weighted by Crippen LogP contribution is -2.54. The molecule has 0 bridgehead atoms. The van der Waals surface area contributed by atoms with Crippen molar-refractivity contribution in [3.8, 4) is 0 Å². The molecule has 10 N–H and O–H groups in total. The molecular weight excluding hydrogens is 472 g/mol. The van der Waals surface area contributed by atoms with Crippen LogP contribution in [0.15, 0.2) is 30.5 Å². The summed E-state index contributed by atoms with van der Waals surface area (Å²) in [6.07, 6.45) is 2.37. The number of hydrogen-bond acceptors (Lipinski definition) is 7. The molecule has 13 heteroatoms. The monoisotopic (exact) mass is 504 g/mol. The second kappa shape index (κ2) is 13.8. The number of hydrogen-bond donors (Lipinski definition) is 8. The van der Waals surface area contributed by atoms with Crippen LogP contribution < -0.4 is 27.4 Å². The lowest BCUT2D eigenvalue weighted by atomic mass is 10.0. The van der Waals surface area contributed by atoms with Crippen molar-refractivity contribution in [3.63, 3.8) is 0 Å². The van der Waals surface area contributed by atoms with E-state index >= 15 is 0 Å². The highest BCUT2D eigenvalue weighted by Crippen LogP contribution is 2.19. The van der Waals surface area contributed by atoms with E-state index in [-0.39, 0.29) is 12.8 Å². The molecule has 0 saturated carbocycles. The maximum absolute atomic E-state index is 12.9. The van der Waals surface area contributed by atoms with E-state index in [0.29, 0.717) is 24.9 Å². The summed E-state index contributed by atoms with van der Waals surface area (Å²) in [6.45, 7) is -0.164. The zero-order valence-electron chi connectivity index (χ0n) is 19.7. The molecule has 13 nitrogen and oxygen atoms in total. The highest BCUT2D eigenvalue weighted by atomic mass is 16.4. The van der Waals surface area contributed by atoms with E-state index in [0.717, 1.165) is 10.9 Å². The summed E-state index contributed by atoms with van der Waals surface area (Å²) < 4.78 is 0. The lowest BCUT2D eigenvalue weighted by molar-refractivity contribution is -0.142. The van der Waals surface area contributed by atoms with Crippen molar-refractivity contribution < 1.29 is 34.2 Å². The van der Waals surface area contributed by atoms with E-state index < -0.39 is 60.8 Å². The predicted octanol–water partition coefficient (Wildman–Crippen LogP) is -1.19. The predicted molar refractivity (Wildman–Crippen MR) is 130 cm³/mol. The van der Waals surface area contributed by atoms with Gasteiger partial charge in [-0.15, -0.1) is 0 Å². The van der Waals surface area contributed by atoms with Gasteiger partial charge in [0.25, 0.3) is 0 Å². The molecule has 1 aromatic heterocycles. The first-order valence-corrected chi connectivity index (χ1v) is 11.4. The van der Waals surface area contributed by atoms with Crippen molar-refractivity contribution in [2.75, 3.05) is 13.1 Å². The number of carbonyl (C=O) groups is 5. The molecule has 0 aliphatic heterocycles. The molecule has 3 unspecified atom stereocenters. The van der Waals surface area contributed by atoms with Crippen molar-refractivity contribution >= 4 is 40.6 Å². The smallest absolute Gasteiger partial charge is 0.326 e. The van der Waals surface area contributed by atoms with Crippen LogP contribution in [0, 0.1) is 0 Å². The van der Waals surface area contributed by atoms with Gasteiger partial charge in [0, 0.05) is 23.5 Å². The molecule has 0 fully saturated rings. The number of benzene rings is 1. The van der Waals surface area contributed by atoms with Crippen LogP contribution in [0.2, 0.25) is 0 Å². The van der Waals surface area contributed by atoms with Crippen LogP contribution in [-0.4, -0.2) is 76.1 Å². The van der Waals surface area contributed by atoms with Crippen molar-refractivity contribution in [1.82, 2.24) is 20.9 Å². The summed E-state index contributed by atoms with van der Waals surface area (Å²) in [7, 11) is 0. The summed E-state index contributed by atoms with van der Waals surface area (Å²) in [5.74, 6) is -4.75. The molecule has 1 aromatic carbocycles. The second-order valence-electron chi connectivity index (χ2n) is 8.29. The van der Waals surface area contributed by atoms with Crippen LogP contribution in [0.25, 0.3) is 10.9 Å². The van der Waals surface area contributed by atoms with Crippen molar-refractivity contribution in [2.24, 2.45) is 11.5 Å². The zero-order chi connectivity index (χ0) is 26.7. The molecule has 0 aliphatic carbocycles. The molecular formula is C23H32N6O7. The molecule has 0 spiro atoms. The van der Waals surface area contributed by atoms with E-state index in [4.69, 9.17) is 16.6 Å².